The molecule has 0 fully saturated rings. The summed E-state index contributed by atoms with van der Waals surface area (Å²) in [6.45, 7) is 3.89. The molecule has 6 nitrogen and oxygen atoms in total. The molecule has 2 aromatic carbocycles. The number of rotatable bonds is 3. The van der Waals surface area contributed by atoms with Crippen LogP contribution in [0.5, 0.6) is 0 Å². The van der Waals surface area contributed by atoms with Crippen LogP contribution in [-0.2, 0) is 6.42 Å². The van der Waals surface area contributed by atoms with E-state index < -0.39 is 5.41 Å². The van der Waals surface area contributed by atoms with Crippen LogP contribution in [0.25, 0.3) is 5.69 Å². The number of carbonyl (C=O) groups excluding carboxylic acids is 2. The van der Waals surface area contributed by atoms with Crippen LogP contribution in [0, 0.1) is 5.41 Å². The highest BCUT2D eigenvalue weighted by molar-refractivity contribution is 9.10. The van der Waals surface area contributed by atoms with Gasteiger partial charge in [-0.2, -0.15) is 10.2 Å². The molecule has 1 aliphatic rings. The van der Waals surface area contributed by atoms with Crippen LogP contribution in [0.1, 0.15) is 40.3 Å². The van der Waals surface area contributed by atoms with Gasteiger partial charge in [-0.15, -0.1) is 0 Å². The summed E-state index contributed by atoms with van der Waals surface area (Å²) in [4.78, 5) is 25.6. The number of hydrogen-bond donors (Lipinski definition) is 1. The van der Waals surface area contributed by atoms with Crippen molar-refractivity contribution < 1.29 is 9.59 Å². The Morgan fingerprint density at radius 2 is 1.93 bits per heavy atom. The molecule has 1 aromatic heterocycles. The van der Waals surface area contributed by atoms with E-state index in [-0.39, 0.29) is 11.7 Å². The van der Waals surface area contributed by atoms with E-state index in [1.807, 2.05) is 50.2 Å². The molecule has 1 aliphatic carbocycles. The van der Waals surface area contributed by atoms with Crippen molar-refractivity contribution in [3.05, 3.63) is 82.1 Å². The van der Waals surface area contributed by atoms with Gasteiger partial charge >= 0.3 is 0 Å². The molecule has 0 bridgehead atoms. The Kier molecular flexibility index (Phi) is 4.92. The lowest BCUT2D eigenvalue weighted by molar-refractivity contribution is 0.0954. The van der Waals surface area contributed by atoms with Crippen LogP contribution in [0.4, 0.5) is 0 Å². The quantitative estimate of drug-likeness (QED) is 0.607. The summed E-state index contributed by atoms with van der Waals surface area (Å²) >= 11 is 3.35. The lowest BCUT2D eigenvalue weighted by atomic mass is 9.74. The highest BCUT2D eigenvalue weighted by atomic mass is 79.9. The van der Waals surface area contributed by atoms with Crippen molar-refractivity contribution in [2.45, 2.75) is 20.3 Å². The number of Topliss-reactive ketones (excluding diaryl/α,β-unsaturated/α-hetero) is 1. The van der Waals surface area contributed by atoms with Crippen LogP contribution in [-0.4, -0.2) is 27.2 Å². The minimum absolute atomic E-state index is 0.215. The number of amides is 1. The normalized spacial score (nSPS) is 16.5. The van der Waals surface area contributed by atoms with Gasteiger partial charge in [-0.25, -0.2) is 10.1 Å². The van der Waals surface area contributed by atoms with Crippen molar-refractivity contribution in [1.29, 1.82) is 0 Å². The summed E-state index contributed by atoms with van der Waals surface area (Å²) in [5.74, 6) is -0.582. The summed E-state index contributed by atoms with van der Waals surface area (Å²) in [5, 5.41) is 8.64. The van der Waals surface area contributed by atoms with E-state index in [9.17, 15) is 9.59 Å². The Balaban J connectivity index is 1.65. The lowest BCUT2D eigenvalue weighted by Crippen LogP contribution is -2.40. The van der Waals surface area contributed by atoms with Gasteiger partial charge in [-0.3, -0.25) is 9.59 Å². The predicted molar refractivity (Wildman–Crippen MR) is 114 cm³/mol. The van der Waals surface area contributed by atoms with Gasteiger partial charge in [0, 0.05) is 21.9 Å². The number of aromatic nitrogens is 2. The Labute approximate surface area is 176 Å². The third-order valence-corrected chi connectivity index (χ3v) is 5.43. The van der Waals surface area contributed by atoms with Gasteiger partial charge in [-0.1, -0.05) is 54.0 Å². The Morgan fingerprint density at radius 1 is 1.17 bits per heavy atom. The Hall–Kier alpha value is -3.06. The Morgan fingerprint density at radius 3 is 2.66 bits per heavy atom. The number of hydrazone groups is 1. The highest BCUT2D eigenvalue weighted by Gasteiger charge is 2.40. The molecule has 3 aromatic rings. The van der Waals surface area contributed by atoms with E-state index in [1.54, 1.807) is 29.1 Å². The number of carbonyl (C=O) groups is 2. The van der Waals surface area contributed by atoms with Crippen LogP contribution >= 0.6 is 15.9 Å². The molecule has 146 valence electrons. The van der Waals surface area contributed by atoms with Crippen molar-refractivity contribution in [2.75, 3.05) is 0 Å². The molecule has 0 radical (unpaired) electrons. The molecule has 0 atom stereocenters. The minimum atomic E-state index is -0.554. The van der Waals surface area contributed by atoms with Gasteiger partial charge in [0.15, 0.2) is 0 Å². The fourth-order valence-electron chi connectivity index (χ4n) is 3.47. The number of ketones is 1. The first-order valence-corrected chi connectivity index (χ1v) is 9.97. The van der Waals surface area contributed by atoms with Crippen LogP contribution in [0.3, 0.4) is 0 Å². The molecule has 0 aliphatic heterocycles. The maximum atomic E-state index is 13.1. The second-order valence-electron chi connectivity index (χ2n) is 7.55. The first-order chi connectivity index (χ1) is 13.9. The predicted octanol–water partition coefficient (Wildman–Crippen LogP) is 4.19. The molecule has 1 amide bonds. The van der Waals surface area contributed by atoms with E-state index in [0.29, 0.717) is 23.3 Å². The third-order valence-electron chi connectivity index (χ3n) is 4.94. The summed E-state index contributed by atoms with van der Waals surface area (Å²) in [6.07, 6.45) is 2.15. The molecular weight excluding hydrogens is 432 g/mol. The SMILES string of the molecule is CC1(C)Cc2c(cnn2-c2ccccc2)C(=O)/C1=N\NC(=O)c1cccc(Br)c1. The maximum Gasteiger partial charge on any atom is 0.271 e. The van der Waals surface area contributed by atoms with Crippen molar-refractivity contribution in [3.8, 4) is 5.69 Å². The highest BCUT2D eigenvalue weighted by Crippen LogP contribution is 2.34. The van der Waals surface area contributed by atoms with Gasteiger partial charge in [-0.05, 0) is 30.3 Å². The summed E-state index contributed by atoms with van der Waals surface area (Å²) in [7, 11) is 0. The molecule has 7 heteroatoms. The van der Waals surface area contributed by atoms with Gasteiger partial charge in [0.05, 0.1) is 23.1 Å². The van der Waals surface area contributed by atoms with Crippen LogP contribution in [0.2, 0.25) is 0 Å². The van der Waals surface area contributed by atoms with Crippen LogP contribution < -0.4 is 5.43 Å². The first kappa shape index (κ1) is 19.3. The van der Waals surface area contributed by atoms with Crippen molar-refractivity contribution in [1.82, 2.24) is 15.2 Å². The number of hydrogen-bond acceptors (Lipinski definition) is 4. The molecule has 4 rings (SSSR count). The van der Waals surface area contributed by atoms with Gasteiger partial charge in [0.2, 0.25) is 5.78 Å². The number of fused-ring (bicyclic) bond motifs is 1. The number of benzene rings is 2. The second-order valence-corrected chi connectivity index (χ2v) is 8.47. The lowest BCUT2D eigenvalue weighted by Gasteiger charge is -2.30. The van der Waals surface area contributed by atoms with E-state index in [2.05, 4.69) is 31.6 Å². The fraction of sp³-hybridized carbons (Fsp3) is 0.182. The molecule has 1 N–H and O–H groups in total. The van der Waals surface area contributed by atoms with Crippen molar-refractivity contribution >= 4 is 33.3 Å². The Bertz CT molecular complexity index is 1130. The molecular formula is C22H19BrN4O2. The molecule has 0 spiro atoms. The zero-order chi connectivity index (χ0) is 20.6. The number of halogens is 1. The van der Waals surface area contributed by atoms with Gasteiger partial charge < -0.3 is 0 Å². The van der Waals surface area contributed by atoms with Gasteiger partial charge in [0.1, 0.15) is 5.71 Å². The average Bonchev–Trinajstić information content (AvgIpc) is 3.11. The number of nitrogens with zero attached hydrogens (tertiary/aromatic N) is 3. The molecule has 0 unspecified atom stereocenters. The number of para-hydroxylation sites is 1. The van der Waals surface area contributed by atoms with E-state index in [4.69, 9.17) is 0 Å². The smallest absolute Gasteiger partial charge is 0.271 e. The van der Waals surface area contributed by atoms with E-state index in [1.165, 1.54) is 0 Å². The summed E-state index contributed by atoms with van der Waals surface area (Å²) in [5.41, 5.74) is 5.03. The topological polar surface area (TPSA) is 76.3 Å². The average molecular weight is 451 g/mol. The third kappa shape index (κ3) is 3.65. The van der Waals surface area contributed by atoms with Crippen LogP contribution in [0.15, 0.2) is 70.4 Å². The standard InChI is InChI=1S/C22H19BrN4O2/c1-22(2)12-18-17(13-24-27(18)16-9-4-3-5-10-16)19(28)20(22)25-26-21(29)14-7-6-8-15(23)11-14/h3-11,13H,12H2,1-2H3,(H,26,29)/b25-20+. The second kappa shape index (κ2) is 7.40. The summed E-state index contributed by atoms with van der Waals surface area (Å²) < 4.78 is 2.59. The summed E-state index contributed by atoms with van der Waals surface area (Å²) in [6, 6.07) is 16.7. The fourth-order valence-corrected chi connectivity index (χ4v) is 3.86. The first-order valence-electron chi connectivity index (χ1n) is 9.18. The zero-order valence-corrected chi connectivity index (χ0v) is 17.6. The molecule has 29 heavy (non-hydrogen) atoms. The molecule has 0 saturated carbocycles. The largest absolute Gasteiger partial charge is 0.287 e. The van der Waals surface area contributed by atoms with Gasteiger partial charge in [0.25, 0.3) is 5.91 Å². The zero-order valence-electron chi connectivity index (χ0n) is 16.0. The van der Waals surface area contributed by atoms with E-state index in [0.717, 1.165) is 15.9 Å². The van der Waals surface area contributed by atoms with Crippen molar-refractivity contribution in [2.24, 2.45) is 10.5 Å². The molecule has 1 heterocycles. The number of nitrogens with one attached hydrogen (secondary N) is 1. The van der Waals surface area contributed by atoms with E-state index >= 15 is 0 Å². The monoisotopic (exact) mass is 450 g/mol. The molecule has 0 saturated heterocycles. The van der Waals surface area contributed by atoms with Crippen molar-refractivity contribution in [3.63, 3.8) is 0 Å². The maximum absolute atomic E-state index is 13.1. The minimum Gasteiger partial charge on any atom is -0.287 e.